The number of nitriles is 1. The van der Waals surface area contributed by atoms with Crippen LogP contribution in [0.15, 0.2) is 40.2 Å². The summed E-state index contributed by atoms with van der Waals surface area (Å²) in [6, 6.07) is 6.67. The number of aromatic hydroxyl groups is 1. The molecule has 2 aliphatic heterocycles. The van der Waals surface area contributed by atoms with Crippen molar-refractivity contribution in [3.05, 3.63) is 45.8 Å². The molecule has 3 N–H and O–H groups in total. The predicted octanol–water partition coefficient (Wildman–Crippen LogP) is 1.93. The maximum atomic E-state index is 12.7. The number of fused-ring (bicyclic) bond motifs is 1. The molecule has 2 heterocycles. The van der Waals surface area contributed by atoms with Crippen molar-refractivity contribution in [1.82, 2.24) is 4.90 Å². The third-order valence-corrected chi connectivity index (χ3v) is 5.57. The van der Waals surface area contributed by atoms with Gasteiger partial charge in [0.15, 0.2) is 11.5 Å². The Balaban J connectivity index is 2.26. The zero-order valence-electron chi connectivity index (χ0n) is 15.4. The largest absolute Gasteiger partial charge is 0.504 e. The van der Waals surface area contributed by atoms with E-state index >= 15 is 0 Å². The summed E-state index contributed by atoms with van der Waals surface area (Å²) >= 11 is 1.34. The lowest BCUT2D eigenvalue weighted by atomic mass is 9.82. The van der Waals surface area contributed by atoms with Crippen LogP contribution in [0.25, 0.3) is 0 Å². The summed E-state index contributed by atoms with van der Waals surface area (Å²) in [5, 5.41) is 20.2. The summed E-state index contributed by atoms with van der Waals surface area (Å²) in [6.07, 6.45) is 0.251. The number of phenols is 1. The SMILES string of the molecule is CCOC(=O)C1=C(N)N2C(=O)CCSC2=C(C#N)C1c1ccc(O)c(OC)c1. The highest BCUT2D eigenvalue weighted by Gasteiger charge is 2.43. The standard InChI is InChI=1S/C19H19N3O5S/c1-3-27-19(25)16-15(10-4-5-12(23)13(8-10)26-2)11(9-20)18-22(17(16)21)14(24)6-7-28-18/h4-5,8,15,23H,3,6-7,21H2,1-2H3. The number of ether oxygens (including phenoxy) is 2. The third-order valence-electron chi connectivity index (χ3n) is 4.48. The summed E-state index contributed by atoms with van der Waals surface area (Å²) in [7, 11) is 1.40. The minimum absolute atomic E-state index is 0.0192. The van der Waals surface area contributed by atoms with Gasteiger partial charge in [0.1, 0.15) is 5.82 Å². The minimum Gasteiger partial charge on any atom is -0.504 e. The van der Waals surface area contributed by atoms with Crippen LogP contribution >= 0.6 is 11.8 Å². The van der Waals surface area contributed by atoms with Crippen molar-refractivity contribution < 1.29 is 24.2 Å². The third kappa shape index (κ3) is 3.16. The Bertz CT molecular complexity index is 947. The lowest BCUT2D eigenvalue weighted by Gasteiger charge is -2.37. The van der Waals surface area contributed by atoms with Gasteiger partial charge in [-0.1, -0.05) is 6.07 Å². The predicted molar refractivity (Wildman–Crippen MR) is 102 cm³/mol. The fraction of sp³-hybridized carbons (Fsp3) is 0.316. The first-order valence-corrected chi connectivity index (χ1v) is 9.56. The van der Waals surface area contributed by atoms with Crippen molar-refractivity contribution in [3.63, 3.8) is 0 Å². The van der Waals surface area contributed by atoms with Gasteiger partial charge in [-0.05, 0) is 24.6 Å². The molecule has 1 aromatic rings. The molecule has 1 aromatic carbocycles. The molecule has 146 valence electrons. The number of methoxy groups -OCH3 is 1. The molecular formula is C19H19N3O5S. The maximum absolute atomic E-state index is 12.7. The molecule has 0 saturated carbocycles. The first-order valence-electron chi connectivity index (χ1n) is 8.58. The smallest absolute Gasteiger partial charge is 0.338 e. The van der Waals surface area contributed by atoms with E-state index in [0.717, 1.165) is 0 Å². The van der Waals surface area contributed by atoms with Gasteiger partial charge < -0.3 is 20.3 Å². The van der Waals surface area contributed by atoms with Gasteiger partial charge in [0.25, 0.3) is 0 Å². The van der Waals surface area contributed by atoms with Crippen LogP contribution in [0.3, 0.4) is 0 Å². The molecule has 1 fully saturated rings. The Kier molecular flexibility index (Phi) is 5.51. The molecule has 0 bridgehead atoms. The van der Waals surface area contributed by atoms with Crippen LogP contribution in [0, 0.1) is 11.3 Å². The first-order chi connectivity index (χ1) is 13.4. The molecule has 0 radical (unpaired) electrons. The number of allylic oxidation sites excluding steroid dienone is 1. The van der Waals surface area contributed by atoms with E-state index in [0.29, 0.717) is 16.3 Å². The second kappa shape index (κ2) is 7.86. The molecular weight excluding hydrogens is 382 g/mol. The molecule has 1 amide bonds. The Morgan fingerprint density at radius 2 is 2.25 bits per heavy atom. The Morgan fingerprint density at radius 3 is 2.89 bits per heavy atom. The van der Waals surface area contributed by atoms with Gasteiger partial charge in [0, 0.05) is 12.2 Å². The van der Waals surface area contributed by atoms with E-state index in [4.69, 9.17) is 15.2 Å². The Hall–Kier alpha value is -3.12. The number of phenolic OH excluding ortho intramolecular Hbond substituents is 1. The van der Waals surface area contributed by atoms with Crippen molar-refractivity contribution in [2.75, 3.05) is 19.5 Å². The van der Waals surface area contributed by atoms with E-state index in [1.807, 2.05) is 0 Å². The number of esters is 1. The number of rotatable bonds is 4. The number of thioether (sulfide) groups is 1. The van der Waals surface area contributed by atoms with Crippen molar-refractivity contribution in [2.45, 2.75) is 19.3 Å². The fourth-order valence-corrected chi connectivity index (χ4v) is 4.37. The van der Waals surface area contributed by atoms with E-state index in [-0.39, 0.29) is 47.4 Å². The van der Waals surface area contributed by atoms with E-state index in [1.54, 1.807) is 13.0 Å². The number of hydrogen-bond donors (Lipinski definition) is 2. The lowest BCUT2D eigenvalue weighted by Crippen LogP contribution is -2.42. The average molecular weight is 401 g/mol. The van der Waals surface area contributed by atoms with E-state index in [2.05, 4.69) is 6.07 Å². The number of carbonyl (C=O) groups excluding carboxylic acids is 2. The van der Waals surface area contributed by atoms with Gasteiger partial charge in [-0.2, -0.15) is 5.26 Å². The zero-order chi connectivity index (χ0) is 20.4. The zero-order valence-corrected chi connectivity index (χ0v) is 16.2. The number of amides is 1. The molecule has 3 rings (SSSR count). The van der Waals surface area contributed by atoms with E-state index in [1.165, 1.54) is 35.9 Å². The normalized spacial score (nSPS) is 19.2. The van der Waals surface area contributed by atoms with Crippen LogP contribution in [-0.2, 0) is 14.3 Å². The van der Waals surface area contributed by atoms with Crippen LogP contribution in [0.1, 0.15) is 24.8 Å². The molecule has 9 heteroatoms. The number of nitrogens with zero attached hydrogens (tertiary/aromatic N) is 2. The van der Waals surface area contributed by atoms with Crippen molar-refractivity contribution in [2.24, 2.45) is 5.73 Å². The summed E-state index contributed by atoms with van der Waals surface area (Å²) < 4.78 is 10.3. The van der Waals surface area contributed by atoms with Crippen LogP contribution in [-0.4, -0.2) is 41.4 Å². The van der Waals surface area contributed by atoms with Gasteiger partial charge >= 0.3 is 5.97 Å². The average Bonchev–Trinajstić information content (AvgIpc) is 2.68. The monoisotopic (exact) mass is 401 g/mol. The molecule has 0 spiro atoms. The molecule has 0 aliphatic carbocycles. The molecule has 1 unspecified atom stereocenters. The molecule has 2 aliphatic rings. The summed E-state index contributed by atoms with van der Waals surface area (Å²) in [4.78, 5) is 26.4. The second-order valence-electron chi connectivity index (χ2n) is 6.04. The van der Waals surface area contributed by atoms with Crippen molar-refractivity contribution in [3.8, 4) is 17.6 Å². The number of nitrogens with two attached hydrogens (primary N) is 1. The fourth-order valence-electron chi connectivity index (χ4n) is 3.25. The molecule has 0 aromatic heterocycles. The van der Waals surface area contributed by atoms with Gasteiger partial charge in [0.2, 0.25) is 5.91 Å². The highest BCUT2D eigenvalue weighted by Crippen LogP contribution is 2.47. The van der Waals surface area contributed by atoms with Gasteiger partial charge in [-0.15, -0.1) is 11.8 Å². The summed E-state index contributed by atoms with van der Waals surface area (Å²) in [5.74, 6) is -1.23. The Morgan fingerprint density at radius 1 is 1.50 bits per heavy atom. The van der Waals surface area contributed by atoms with Crippen LogP contribution in [0.2, 0.25) is 0 Å². The summed E-state index contributed by atoms with van der Waals surface area (Å²) in [5.41, 5.74) is 7.01. The molecule has 28 heavy (non-hydrogen) atoms. The van der Waals surface area contributed by atoms with Crippen LogP contribution < -0.4 is 10.5 Å². The summed E-state index contributed by atoms with van der Waals surface area (Å²) in [6.45, 7) is 1.77. The highest BCUT2D eigenvalue weighted by molar-refractivity contribution is 8.03. The van der Waals surface area contributed by atoms with Gasteiger partial charge in [-0.3, -0.25) is 9.69 Å². The quantitative estimate of drug-likeness (QED) is 0.733. The van der Waals surface area contributed by atoms with Crippen LogP contribution in [0.4, 0.5) is 0 Å². The highest BCUT2D eigenvalue weighted by atomic mass is 32.2. The van der Waals surface area contributed by atoms with Crippen LogP contribution in [0.5, 0.6) is 11.5 Å². The molecule has 8 nitrogen and oxygen atoms in total. The van der Waals surface area contributed by atoms with Crippen molar-refractivity contribution in [1.29, 1.82) is 5.26 Å². The lowest BCUT2D eigenvalue weighted by molar-refractivity contribution is -0.139. The minimum atomic E-state index is -0.844. The van der Waals surface area contributed by atoms with Gasteiger partial charge in [0.05, 0.1) is 41.9 Å². The first kappa shape index (κ1) is 19.6. The number of hydrogen-bond acceptors (Lipinski definition) is 8. The molecule has 1 atom stereocenters. The molecule has 1 saturated heterocycles. The Labute approximate surface area is 166 Å². The van der Waals surface area contributed by atoms with E-state index < -0.39 is 11.9 Å². The number of carbonyl (C=O) groups is 2. The van der Waals surface area contributed by atoms with E-state index in [9.17, 15) is 20.0 Å². The second-order valence-corrected chi connectivity index (χ2v) is 7.13. The topological polar surface area (TPSA) is 126 Å². The van der Waals surface area contributed by atoms with Gasteiger partial charge in [-0.25, -0.2) is 4.79 Å². The number of benzene rings is 1. The van der Waals surface area contributed by atoms with Crippen molar-refractivity contribution >= 4 is 23.6 Å². The maximum Gasteiger partial charge on any atom is 0.338 e.